The molecule has 0 aromatic heterocycles. The van der Waals surface area contributed by atoms with E-state index in [4.69, 9.17) is 18.9 Å². The second kappa shape index (κ2) is 9.92. The second-order valence-electron chi connectivity index (χ2n) is 8.06. The predicted octanol–water partition coefficient (Wildman–Crippen LogP) is 0.668. The lowest BCUT2D eigenvalue weighted by Crippen LogP contribution is -2.55. The van der Waals surface area contributed by atoms with Crippen LogP contribution < -0.4 is 18.9 Å². The van der Waals surface area contributed by atoms with Crippen molar-refractivity contribution in [1.82, 2.24) is 0 Å². The van der Waals surface area contributed by atoms with Crippen LogP contribution in [0.25, 0.3) is 0 Å². The third-order valence-electron chi connectivity index (χ3n) is 5.65. The van der Waals surface area contributed by atoms with Gasteiger partial charge in [0.1, 0.15) is 5.78 Å². The summed E-state index contributed by atoms with van der Waals surface area (Å²) in [6.45, 7) is 0. The largest absolute Gasteiger partial charge is 0.463 e. The fraction of sp³-hybridized carbons (Fsp3) is 0.320. The highest BCUT2D eigenvalue weighted by atomic mass is 16.8. The van der Waals surface area contributed by atoms with Crippen LogP contribution in [-0.2, 0) is 55.8 Å². The summed E-state index contributed by atoms with van der Waals surface area (Å²) in [5.41, 5.74) is 1.03. The quantitative estimate of drug-likeness (QED) is 0.266. The number of fused-ring (bicyclic) bond motifs is 2. The van der Waals surface area contributed by atoms with Crippen molar-refractivity contribution in [2.45, 2.75) is 24.4 Å². The summed E-state index contributed by atoms with van der Waals surface area (Å²) in [4.78, 5) is 61.6. The van der Waals surface area contributed by atoms with E-state index in [1.165, 1.54) is 24.3 Å². The predicted molar refractivity (Wildman–Crippen MR) is 121 cm³/mol. The van der Waals surface area contributed by atoms with Crippen LogP contribution in [0, 0.1) is 0 Å². The normalized spacial score (nSPS) is 15.3. The van der Waals surface area contributed by atoms with Crippen molar-refractivity contribution in [1.29, 1.82) is 0 Å². The van der Waals surface area contributed by atoms with Crippen molar-refractivity contribution in [3.05, 3.63) is 47.5 Å². The maximum atomic E-state index is 12.8. The first-order chi connectivity index (χ1) is 18.1. The van der Waals surface area contributed by atoms with Gasteiger partial charge in [-0.05, 0) is 35.4 Å². The number of hydrogen-bond acceptors (Lipinski definition) is 13. The van der Waals surface area contributed by atoms with Crippen molar-refractivity contribution in [2.24, 2.45) is 0 Å². The SMILES string of the molecule is COC(=O)C1(C(=O)OC)Oc2ccc(CC(=O)Cc3ccc4c(c3)OC(C(=O)OC)(C(=O)OC)O4)cc2O1. The number of ether oxygens (including phenoxy) is 8. The number of methoxy groups -OCH3 is 4. The zero-order valence-electron chi connectivity index (χ0n) is 20.7. The molecule has 4 rings (SSSR count). The fourth-order valence-electron chi connectivity index (χ4n) is 3.87. The van der Waals surface area contributed by atoms with Gasteiger partial charge < -0.3 is 37.9 Å². The Morgan fingerprint density at radius 1 is 0.553 bits per heavy atom. The molecule has 0 aliphatic carbocycles. The van der Waals surface area contributed by atoms with E-state index in [2.05, 4.69) is 18.9 Å². The molecule has 0 fully saturated rings. The molecule has 2 aliphatic heterocycles. The molecule has 38 heavy (non-hydrogen) atoms. The molecule has 0 N–H and O–H groups in total. The van der Waals surface area contributed by atoms with E-state index in [1.54, 1.807) is 12.1 Å². The Labute approximate surface area is 215 Å². The Hall–Kier alpha value is -4.81. The zero-order chi connectivity index (χ0) is 27.7. The molecule has 2 aromatic carbocycles. The van der Waals surface area contributed by atoms with Gasteiger partial charge >= 0.3 is 35.5 Å². The molecule has 0 amide bonds. The van der Waals surface area contributed by atoms with Crippen molar-refractivity contribution >= 4 is 29.7 Å². The molecule has 0 spiro atoms. The van der Waals surface area contributed by atoms with E-state index < -0.39 is 35.5 Å². The van der Waals surface area contributed by atoms with Gasteiger partial charge in [0.25, 0.3) is 0 Å². The minimum Gasteiger partial charge on any atom is -0.463 e. The summed E-state index contributed by atoms with van der Waals surface area (Å²) in [6.07, 6.45) is -0.0778. The van der Waals surface area contributed by atoms with Crippen LogP contribution >= 0.6 is 0 Å². The summed E-state index contributed by atoms with van der Waals surface area (Å²) in [5, 5.41) is 0. The van der Waals surface area contributed by atoms with Crippen LogP contribution in [0.5, 0.6) is 23.0 Å². The highest BCUT2D eigenvalue weighted by Gasteiger charge is 2.60. The number of Topliss-reactive ketones (excluding diaryl/α,β-unsaturated/α-hetero) is 1. The van der Waals surface area contributed by atoms with Crippen molar-refractivity contribution in [3.63, 3.8) is 0 Å². The average Bonchev–Trinajstić information content (AvgIpc) is 3.50. The third kappa shape index (κ3) is 4.31. The van der Waals surface area contributed by atoms with Crippen LogP contribution in [0.1, 0.15) is 11.1 Å². The van der Waals surface area contributed by atoms with Gasteiger partial charge in [-0.25, -0.2) is 19.2 Å². The summed E-state index contributed by atoms with van der Waals surface area (Å²) in [7, 11) is 4.25. The maximum Gasteiger partial charge on any atom is 0.453 e. The Morgan fingerprint density at radius 2 is 0.868 bits per heavy atom. The Bertz CT molecular complexity index is 1200. The van der Waals surface area contributed by atoms with E-state index in [0.29, 0.717) is 11.1 Å². The van der Waals surface area contributed by atoms with Gasteiger partial charge in [-0.2, -0.15) is 0 Å². The first-order valence-electron chi connectivity index (χ1n) is 11.0. The van der Waals surface area contributed by atoms with E-state index in [0.717, 1.165) is 28.4 Å². The second-order valence-corrected chi connectivity index (χ2v) is 8.06. The third-order valence-corrected chi connectivity index (χ3v) is 5.65. The molecule has 0 saturated carbocycles. The molecule has 2 aliphatic rings. The highest BCUT2D eigenvalue weighted by molar-refractivity contribution is 6.04. The summed E-state index contributed by atoms with van der Waals surface area (Å²) in [5.74, 6) is -9.24. The van der Waals surface area contributed by atoms with Gasteiger partial charge in [-0.3, -0.25) is 4.79 Å². The highest BCUT2D eigenvalue weighted by Crippen LogP contribution is 2.42. The molecule has 0 radical (unpaired) electrons. The van der Waals surface area contributed by atoms with Gasteiger partial charge in [-0.15, -0.1) is 0 Å². The molecule has 13 heteroatoms. The number of ketones is 1. The number of benzene rings is 2. The van der Waals surface area contributed by atoms with Crippen molar-refractivity contribution in [3.8, 4) is 23.0 Å². The summed E-state index contributed by atoms with van der Waals surface area (Å²) < 4.78 is 40.3. The fourth-order valence-corrected chi connectivity index (χ4v) is 3.87. The molecular formula is C25H22O13. The number of carbonyl (C=O) groups is 5. The summed E-state index contributed by atoms with van der Waals surface area (Å²) in [6, 6.07) is 8.97. The lowest BCUT2D eigenvalue weighted by atomic mass is 10.0. The molecule has 200 valence electrons. The lowest BCUT2D eigenvalue weighted by molar-refractivity contribution is -0.199. The standard InChI is InChI=1S/C25H22O13/c1-31-20(27)24(21(28)32-2)35-16-7-5-13(11-18(16)37-24)9-15(26)10-14-6-8-17-19(12-14)38-25(36-17,22(29)33-3)23(30)34-4/h5-8,11-12H,9-10H2,1-4H3. The van der Waals surface area contributed by atoms with Gasteiger partial charge in [0, 0.05) is 12.8 Å². The Balaban J connectivity index is 1.47. The van der Waals surface area contributed by atoms with Gasteiger partial charge in [0.05, 0.1) is 28.4 Å². The Morgan fingerprint density at radius 3 is 1.18 bits per heavy atom. The van der Waals surface area contributed by atoms with Crippen LogP contribution in [-0.4, -0.2) is 69.7 Å². The van der Waals surface area contributed by atoms with Gasteiger partial charge in [0.15, 0.2) is 23.0 Å². The van der Waals surface area contributed by atoms with Crippen molar-refractivity contribution in [2.75, 3.05) is 28.4 Å². The molecule has 0 unspecified atom stereocenters. The maximum absolute atomic E-state index is 12.8. The Kier molecular flexibility index (Phi) is 6.85. The topological polar surface area (TPSA) is 159 Å². The molecule has 2 heterocycles. The summed E-state index contributed by atoms with van der Waals surface area (Å²) >= 11 is 0. The smallest absolute Gasteiger partial charge is 0.453 e. The minimum atomic E-state index is -2.44. The van der Waals surface area contributed by atoms with Gasteiger partial charge in [-0.1, -0.05) is 12.1 Å². The first kappa shape index (κ1) is 26.3. The molecule has 2 aromatic rings. The van der Waals surface area contributed by atoms with Crippen LogP contribution in [0.2, 0.25) is 0 Å². The van der Waals surface area contributed by atoms with Crippen molar-refractivity contribution < 1.29 is 61.9 Å². The van der Waals surface area contributed by atoms with E-state index in [1.807, 2.05) is 0 Å². The van der Waals surface area contributed by atoms with Crippen LogP contribution in [0.3, 0.4) is 0 Å². The van der Waals surface area contributed by atoms with Crippen LogP contribution in [0.4, 0.5) is 0 Å². The van der Waals surface area contributed by atoms with E-state index in [9.17, 15) is 24.0 Å². The van der Waals surface area contributed by atoms with Crippen LogP contribution in [0.15, 0.2) is 36.4 Å². The van der Waals surface area contributed by atoms with Gasteiger partial charge in [0.2, 0.25) is 0 Å². The molecule has 0 bridgehead atoms. The number of rotatable bonds is 8. The van der Waals surface area contributed by atoms with E-state index >= 15 is 0 Å². The molecule has 0 atom stereocenters. The zero-order valence-corrected chi connectivity index (χ0v) is 20.7. The molecular weight excluding hydrogens is 508 g/mol. The number of hydrogen-bond donors (Lipinski definition) is 0. The first-order valence-corrected chi connectivity index (χ1v) is 11.0. The number of carbonyl (C=O) groups excluding carboxylic acids is 5. The monoisotopic (exact) mass is 530 g/mol. The molecule has 13 nitrogen and oxygen atoms in total. The average molecular weight is 530 g/mol. The van der Waals surface area contributed by atoms with E-state index in [-0.39, 0.29) is 41.6 Å². The lowest BCUT2D eigenvalue weighted by Gasteiger charge is -2.21. The minimum absolute atomic E-state index is 0.0389. The number of esters is 4. The molecule has 0 saturated heterocycles.